The molecule has 0 aromatic heterocycles. The van der Waals surface area contributed by atoms with E-state index in [4.69, 9.17) is 0 Å². The molecule has 0 N–H and O–H groups in total. The Kier molecular flexibility index (Phi) is 5.55. The third kappa shape index (κ3) is 4.15. The van der Waals surface area contributed by atoms with Crippen LogP contribution in [0.2, 0.25) is 0 Å². The van der Waals surface area contributed by atoms with Gasteiger partial charge in [0.25, 0.3) is 0 Å². The van der Waals surface area contributed by atoms with Gasteiger partial charge >= 0.3 is 17.1 Å². The number of alkyl halides is 4. The van der Waals surface area contributed by atoms with E-state index in [1.807, 2.05) is 0 Å². The van der Waals surface area contributed by atoms with Crippen molar-refractivity contribution in [1.82, 2.24) is 0 Å². The number of carbonyl (C=O) groups excluding carboxylic acids is 2. The zero-order valence-corrected chi connectivity index (χ0v) is 12.0. The first-order valence-corrected chi connectivity index (χ1v) is 7.69. The summed E-state index contributed by atoms with van der Waals surface area (Å²) in [5.41, 5.74) is 0. The summed E-state index contributed by atoms with van der Waals surface area (Å²) in [6, 6.07) is 0. The molecule has 6 nitrogen and oxygen atoms in total. The zero-order chi connectivity index (χ0) is 17.2. The minimum Gasteiger partial charge on any atom is -0.743 e. The Morgan fingerprint density at radius 1 is 1.23 bits per heavy atom. The molecule has 0 amide bonds. The van der Waals surface area contributed by atoms with Crippen molar-refractivity contribution in [2.45, 2.75) is 43.3 Å². The Morgan fingerprint density at radius 2 is 1.77 bits per heavy atom. The van der Waals surface area contributed by atoms with Crippen molar-refractivity contribution in [3.63, 3.8) is 0 Å². The molecule has 128 valence electrons. The number of ether oxygens (including phenoxy) is 1. The van der Waals surface area contributed by atoms with Gasteiger partial charge in [-0.3, -0.25) is 9.59 Å². The minimum absolute atomic E-state index is 0.0600. The normalized spacial score (nSPS) is 17.2. The fourth-order valence-corrected chi connectivity index (χ4v) is 2.19. The van der Waals surface area contributed by atoms with Crippen LogP contribution in [0.3, 0.4) is 0 Å². The molecule has 0 heterocycles. The number of unbranched alkanes of at least 4 members (excludes halogenated alkanes) is 1. The molecule has 0 saturated heterocycles. The minimum atomic E-state index is -6.48. The van der Waals surface area contributed by atoms with E-state index in [9.17, 15) is 40.1 Å². The van der Waals surface area contributed by atoms with Gasteiger partial charge in [0.1, 0.15) is 5.78 Å². The predicted octanol–water partition coefficient (Wildman–Crippen LogP) is 1.45. The molecular formula is C11H13F4O6S-. The van der Waals surface area contributed by atoms with Crippen LogP contribution in [-0.2, 0) is 24.4 Å². The van der Waals surface area contributed by atoms with Crippen molar-refractivity contribution < 1.29 is 44.9 Å². The largest absolute Gasteiger partial charge is 0.743 e. The average molecular weight is 349 g/mol. The molecule has 0 aromatic carbocycles. The summed E-state index contributed by atoms with van der Waals surface area (Å²) >= 11 is 0. The second kappa shape index (κ2) is 6.49. The highest BCUT2D eigenvalue weighted by Gasteiger charge is 2.60. The number of rotatable bonds is 8. The highest BCUT2D eigenvalue weighted by Crippen LogP contribution is 2.41. The van der Waals surface area contributed by atoms with Gasteiger partial charge in [-0.1, -0.05) is 0 Å². The van der Waals surface area contributed by atoms with Crippen LogP contribution < -0.4 is 0 Å². The maximum absolute atomic E-state index is 13.0. The Hall–Kier alpha value is -1.23. The SMILES string of the molecule is O=C1CC(C(=O)OCCCCC(F)(F)C(F)(F)S(=O)(=O)[O-])C1. The lowest BCUT2D eigenvalue weighted by Crippen LogP contribution is -2.46. The summed E-state index contributed by atoms with van der Waals surface area (Å²) in [4.78, 5) is 21.9. The fourth-order valence-electron chi connectivity index (χ4n) is 1.72. The molecule has 1 rings (SSSR count). The molecule has 0 unspecified atom stereocenters. The summed E-state index contributed by atoms with van der Waals surface area (Å²) in [7, 11) is -6.48. The fraction of sp³-hybridized carbons (Fsp3) is 0.818. The summed E-state index contributed by atoms with van der Waals surface area (Å²) in [5.74, 6) is -6.32. The predicted molar refractivity (Wildman–Crippen MR) is 62.1 cm³/mol. The monoisotopic (exact) mass is 349 g/mol. The van der Waals surface area contributed by atoms with Crippen LogP contribution >= 0.6 is 0 Å². The quantitative estimate of drug-likeness (QED) is 0.285. The lowest BCUT2D eigenvalue weighted by atomic mass is 9.84. The molecule has 0 radical (unpaired) electrons. The van der Waals surface area contributed by atoms with Crippen molar-refractivity contribution in [3.05, 3.63) is 0 Å². The third-order valence-corrected chi connectivity index (χ3v) is 4.08. The summed E-state index contributed by atoms with van der Waals surface area (Å²) in [6.45, 7) is -0.324. The molecule has 0 aromatic rings. The summed E-state index contributed by atoms with van der Waals surface area (Å²) in [6.07, 6.45) is -2.21. The highest BCUT2D eigenvalue weighted by atomic mass is 32.2. The Balaban J connectivity index is 2.31. The van der Waals surface area contributed by atoms with E-state index in [2.05, 4.69) is 4.74 Å². The molecule has 0 aliphatic heterocycles. The molecule has 0 bridgehead atoms. The smallest absolute Gasteiger partial charge is 0.396 e. The molecule has 1 saturated carbocycles. The van der Waals surface area contributed by atoms with Gasteiger partial charge in [0, 0.05) is 19.3 Å². The van der Waals surface area contributed by atoms with Crippen LogP contribution in [0, 0.1) is 5.92 Å². The molecule has 11 heteroatoms. The van der Waals surface area contributed by atoms with Crippen LogP contribution in [0.15, 0.2) is 0 Å². The summed E-state index contributed by atoms with van der Waals surface area (Å²) < 4.78 is 86.7. The number of Topliss-reactive ketones (excluding diaryl/α,β-unsaturated/α-hetero) is 1. The van der Waals surface area contributed by atoms with E-state index in [0.717, 1.165) is 0 Å². The molecular weight excluding hydrogens is 336 g/mol. The standard InChI is InChI=1S/C11H14F4O6S/c12-10(13,11(14,15)22(18,19)20)3-1-2-4-21-9(17)7-5-8(16)6-7/h7H,1-6H2,(H,18,19,20)/p-1. The number of ketones is 1. The maximum Gasteiger partial charge on any atom is 0.396 e. The third-order valence-electron chi connectivity index (χ3n) is 3.15. The van der Waals surface area contributed by atoms with E-state index in [1.165, 1.54) is 0 Å². The van der Waals surface area contributed by atoms with Gasteiger partial charge in [0.2, 0.25) is 0 Å². The Labute approximate surface area is 123 Å². The molecule has 1 aliphatic rings. The van der Waals surface area contributed by atoms with Gasteiger partial charge in [0.15, 0.2) is 10.1 Å². The lowest BCUT2D eigenvalue weighted by molar-refractivity contribution is -0.166. The van der Waals surface area contributed by atoms with E-state index in [0.29, 0.717) is 0 Å². The van der Waals surface area contributed by atoms with Gasteiger partial charge in [-0.2, -0.15) is 17.6 Å². The van der Waals surface area contributed by atoms with Gasteiger partial charge in [-0.05, 0) is 12.8 Å². The van der Waals surface area contributed by atoms with Crippen LogP contribution in [0.1, 0.15) is 32.1 Å². The lowest BCUT2D eigenvalue weighted by Gasteiger charge is -2.28. The number of esters is 1. The molecule has 22 heavy (non-hydrogen) atoms. The van der Waals surface area contributed by atoms with Crippen LogP contribution in [0.25, 0.3) is 0 Å². The molecule has 0 spiro atoms. The van der Waals surface area contributed by atoms with Crippen LogP contribution in [0.4, 0.5) is 17.6 Å². The van der Waals surface area contributed by atoms with Crippen molar-refractivity contribution in [3.8, 4) is 0 Å². The van der Waals surface area contributed by atoms with Gasteiger partial charge < -0.3 is 9.29 Å². The van der Waals surface area contributed by atoms with Gasteiger partial charge in [0.05, 0.1) is 12.5 Å². The van der Waals surface area contributed by atoms with Gasteiger partial charge in [-0.15, -0.1) is 0 Å². The van der Waals surface area contributed by atoms with E-state index < -0.39 is 46.0 Å². The first-order chi connectivity index (χ1) is 9.88. The first-order valence-electron chi connectivity index (χ1n) is 6.28. The second-order valence-corrected chi connectivity index (χ2v) is 6.36. The number of hydrogen-bond donors (Lipinski definition) is 0. The molecule has 0 atom stereocenters. The second-order valence-electron chi connectivity index (χ2n) is 4.94. The van der Waals surface area contributed by atoms with Crippen molar-refractivity contribution in [1.29, 1.82) is 0 Å². The average Bonchev–Trinajstić information content (AvgIpc) is 2.32. The number of halogens is 4. The zero-order valence-electron chi connectivity index (χ0n) is 11.2. The van der Waals surface area contributed by atoms with Crippen molar-refractivity contribution in [2.75, 3.05) is 6.61 Å². The van der Waals surface area contributed by atoms with Crippen molar-refractivity contribution >= 4 is 21.9 Å². The maximum atomic E-state index is 13.0. The Bertz CT molecular complexity index is 537. The molecule has 1 aliphatic carbocycles. The van der Waals surface area contributed by atoms with Crippen molar-refractivity contribution in [2.24, 2.45) is 5.92 Å². The van der Waals surface area contributed by atoms with Crippen LogP contribution in [0.5, 0.6) is 0 Å². The van der Waals surface area contributed by atoms with Crippen LogP contribution in [-0.4, -0.2) is 42.5 Å². The topological polar surface area (TPSA) is 101 Å². The summed E-state index contributed by atoms with van der Waals surface area (Å²) in [5, 5.41) is -5.69. The Morgan fingerprint density at radius 3 is 2.23 bits per heavy atom. The van der Waals surface area contributed by atoms with Gasteiger partial charge in [-0.25, -0.2) is 8.42 Å². The highest BCUT2D eigenvalue weighted by molar-refractivity contribution is 7.86. The number of hydrogen-bond acceptors (Lipinski definition) is 6. The van der Waals surface area contributed by atoms with E-state index in [1.54, 1.807) is 0 Å². The van der Waals surface area contributed by atoms with E-state index in [-0.39, 0.29) is 31.7 Å². The molecule has 1 fully saturated rings. The first kappa shape index (κ1) is 18.8. The number of carbonyl (C=O) groups is 2. The van der Waals surface area contributed by atoms with E-state index >= 15 is 0 Å².